The normalized spacial score (nSPS) is 25.4. The molecule has 29 heavy (non-hydrogen) atoms. The van der Waals surface area contributed by atoms with Gasteiger partial charge in [-0.2, -0.15) is 0 Å². The van der Waals surface area contributed by atoms with E-state index < -0.39 is 0 Å². The molecule has 2 fully saturated rings. The highest BCUT2D eigenvalue weighted by molar-refractivity contribution is 5.80. The van der Waals surface area contributed by atoms with Gasteiger partial charge in [0.1, 0.15) is 0 Å². The number of nitrogens with one attached hydrogen (secondary N) is 1. The fraction of sp³-hybridized carbons (Fsp3) is 0.565. The highest BCUT2D eigenvalue weighted by Gasteiger charge is 2.29. The first-order chi connectivity index (χ1) is 14.2. The van der Waals surface area contributed by atoms with E-state index in [0.717, 1.165) is 45.2 Å². The first-order valence-corrected chi connectivity index (χ1v) is 11.0. The molecule has 0 amide bonds. The number of para-hydroxylation sites is 1. The van der Waals surface area contributed by atoms with Crippen LogP contribution >= 0.6 is 0 Å². The Bertz CT molecular complexity index is 772. The van der Waals surface area contributed by atoms with E-state index in [2.05, 4.69) is 75.0 Å². The molecular formula is C23H34N6. The average Bonchev–Trinajstić information content (AvgIpc) is 3.45. The Morgan fingerprint density at radius 2 is 2.03 bits per heavy atom. The third-order valence-electron chi connectivity index (χ3n) is 6.37. The van der Waals surface area contributed by atoms with Gasteiger partial charge >= 0.3 is 0 Å². The Hall–Kier alpha value is -2.50. The molecule has 0 spiro atoms. The van der Waals surface area contributed by atoms with E-state index in [0.29, 0.717) is 17.9 Å². The zero-order chi connectivity index (χ0) is 20.1. The highest BCUT2D eigenvalue weighted by Crippen LogP contribution is 2.28. The van der Waals surface area contributed by atoms with Gasteiger partial charge in [-0.05, 0) is 43.7 Å². The van der Waals surface area contributed by atoms with Gasteiger partial charge in [-0.15, -0.1) is 0 Å². The number of guanidine groups is 1. The molecule has 3 atom stereocenters. The van der Waals surface area contributed by atoms with Crippen molar-refractivity contribution >= 4 is 11.6 Å². The second-order valence-corrected chi connectivity index (χ2v) is 8.42. The minimum absolute atomic E-state index is 0.454. The second kappa shape index (κ2) is 9.33. The number of anilines is 1. The fourth-order valence-electron chi connectivity index (χ4n) is 4.59. The van der Waals surface area contributed by atoms with Gasteiger partial charge in [-0.25, -0.2) is 4.98 Å². The molecule has 2 saturated heterocycles. The molecule has 6 nitrogen and oxygen atoms in total. The number of imidazole rings is 1. The number of piperidine rings is 1. The summed E-state index contributed by atoms with van der Waals surface area (Å²) in [7, 11) is 0. The molecule has 1 N–H and O–H groups in total. The molecule has 3 heterocycles. The van der Waals surface area contributed by atoms with Crippen LogP contribution in [0.15, 0.2) is 54.0 Å². The van der Waals surface area contributed by atoms with Gasteiger partial charge in [0.15, 0.2) is 5.96 Å². The summed E-state index contributed by atoms with van der Waals surface area (Å²) >= 11 is 0. The van der Waals surface area contributed by atoms with Crippen LogP contribution in [0.25, 0.3) is 0 Å². The van der Waals surface area contributed by atoms with Crippen LogP contribution in [0.5, 0.6) is 0 Å². The predicted octanol–water partition coefficient (Wildman–Crippen LogP) is 3.26. The van der Waals surface area contributed by atoms with Gasteiger partial charge in [-0.1, -0.05) is 25.1 Å². The Labute approximate surface area is 174 Å². The number of hydrogen-bond acceptors (Lipinski definition) is 3. The number of benzene rings is 1. The zero-order valence-corrected chi connectivity index (χ0v) is 17.7. The van der Waals surface area contributed by atoms with E-state index in [-0.39, 0.29) is 0 Å². The maximum atomic E-state index is 5.07. The Balaban J connectivity index is 1.39. The number of hydrogen-bond donors (Lipinski definition) is 1. The first kappa shape index (κ1) is 19.8. The summed E-state index contributed by atoms with van der Waals surface area (Å²) in [5, 5.41) is 3.54. The van der Waals surface area contributed by atoms with Crippen LogP contribution in [0.1, 0.15) is 32.7 Å². The summed E-state index contributed by atoms with van der Waals surface area (Å²) in [6.45, 7) is 10.6. The number of aliphatic imine (C=N–C) groups is 1. The minimum atomic E-state index is 0.454. The third-order valence-corrected chi connectivity index (χ3v) is 6.37. The zero-order valence-electron chi connectivity index (χ0n) is 17.7. The van der Waals surface area contributed by atoms with Crippen LogP contribution in [-0.2, 0) is 0 Å². The van der Waals surface area contributed by atoms with Crippen molar-refractivity contribution in [1.82, 2.24) is 19.8 Å². The summed E-state index contributed by atoms with van der Waals surface area (Å²) in [4.78, 5) is 14.3. The fourth-order valence-corrected chi connectivity index (χ4v) is 4.59. The third kappa shape index (κ3) is 4.74. The molecule has 156 valence electrons. The van der Waals surface area contributed by atoms with Gasteiger partial charge in [-0.3, -0.25) is 4.99 Å². The van der Waals surface area contributed by atoms with E-state index in [9.17, 15) is 0 Å². The Kier molecular flexibility index (Phi) is 6.37. The van der Waals surface area contributed by atoms with Crippen LogP contribution in [0.4, 0.5) is 5.69 Å². The van der Waals surface area contributed by atoms with Crippen molar-refractivity contribution in [3.8, 4) is 0 Å². The van der Waals surface area contributed by atoms with Gasteiger partial charge in [0.05, 0.1) is 12.4 Å². The van der Waals surface area contributed by atoms with Gasteiger partial charge in [0.25, 0.3) is 0 Å². The van der Waals surface area contributed by atoms with Crippen molar-refractivity contribution in [1.29, 1.82) is 0 Å². The summed E-state index contributed by atoms with van der Waals surface area (Å²) in [5.41, 5.74) is 1.33. The molecule has 2 aliphatic rings. The second-order valence-electron chi connectivity index (χ2n) is 8.42. The van der Waals surface area contributed by atoms with Crippen LogP contribution in [0, 0.1) is 11.8 Å². The molecular weight excluding hydrogens is 360 g/mol. The van der Waals surface area contributed by atoms with Crippen LogP contribution in [0.3, 0.4) is 0 Å². The van der Waals surface area contributed by atoms with E-state index in [1.54, 1.807) is 0 Å². The van der Waals surface area contributed by atoms with Gasteiger partial charge in [0.2, 0.25) is 0 Å². The summed E-state index contributed by atoms with van der Waals surface area (Å²) < 4.78 is 2.26. The van der Waals surface area contributed by atoms with Crippen LogP contribution in [0.2, 0.25) is 0 Å². The number of nitrogens with zero attached hydrogens (tertiary/aromatic N) is 5. The van der Waals surface area contributed by atoms with Crippen molar-refractivity contribution in [3.05, 3.63) is 49.1 Å². The summed E-state index contributed by atoms with van der Waals surface area (Å²) in [6, 6.07) is 11.2. The smallest absolute Gasteiger partial charge is 0.193 e. The monoisotopic (exact) mass is 394 g/mol. The van der Waals surface area contributed by atoms with Crippen LogP contribution < -0.4 is 10.2 Å². The average molecular weight is 395 g/mol. The molecule has 2 aliphatic heterocycles. The largest absolute Gasteiger partial charge is 0.371 e. The molecule has 0 radical (unpaired) electrons. The maximum absolute atomic E-state index is 5.07. The molecule has 3 unspecified atom stereocenters. The van der Waals surface area contributed by atoms with Crippen molar-refractivity contribution in [3.63, 3.8) is 0 Å². The van der Waals surface area contributed by atoms with E-state index in [1.807, 2.05) is 12.5 Å². The topological polar surface area (TPSA) is 48.7 Å². The van der Waals surface area contributed by atoms with E-state index >= 15 is 0 Å². The lowest BCUT2D eigenvalue weighted by atomic mass is 9.93. The Morgan fingerprint density at radius 1 is 1.17 bits per heavy atom. The summed E-state index contributed by atoms with van der Waals surface area (Å²) in [6.07, 6.45) is 8.31. The van der Waals surface area contributed by atoms with Gasteiger partial charge < -0.3 is 19.7 Å². The minimum Gasteiger partial charge on any atom is -0.371 e. The molecule has 0 aliphatic carbocycles. The molecule has 2 aromatic rings. The molecule has 0 saturated carbocycles. The van der Waals surface area contributed by atoms with Crippen molar-refractivity contribution in [2.24, 2.45) is 16.8 Å². The molecule has 1 aromatic heterocycles. The standard InChI is InChI=1S/C23H34N6/c1-3-25-23(28-12-9-19(2)22(17-28)29-14-11-24-18-29)26-15-20-10-13-27(16-20)21-7-5-4-6-8-21/h4-8,11,14,18-20,22H,3,9-10,12-13,15-17H2,1-2H3,(H,25,26). The van der Waals surface area contributed by atoms with Crippen LogP contribution in [-0.4, -0.2) is 59.7 Å². The lowest BCUT2D eigenvalue weighted by molar-refractivity contribution is 0.189. The first-order valence-electron chi connectivity index (χ1n) is 11.0. The number of likely N-dealkylation sites (tertiary alicyclic amines) is 1. The lowest BCUT2D eigenvalue weighted by Crippen LogP contribution is -2.49. The van der Waals surface area contributed by atoms with Crippen molar-refractivity contribution in [2.45, 2.75) is 32.7 Å². The van der Waals surface area contributed by atoms with E-state index in [4.69, 9.17) is 4.99 Å². The quantitative estimate of drug-likeness (QED) is 0.625. The number of aromatic nitrogens is 2. The highest BCUT2D eigenvalue weighted by atomic mass is 15.3. The van der Waals surface area contributed by atoms with E-state index in [1.165, 1.54) is 18.5 Å². The number of rotatable bonds is 5. The predicted molar refractivity (Wildman–Crippen MR) is 119 cm³/mol. The Morgan fingerprint density at radius 3 is 2.79 bits per heavy atom. The molecule has 4 rings (SSSR count). The molecule has 6 heteroatoms. The molecule has 1 aromatic carbocycles. The molecule has 0 bridgehead atoms. The van der Waals surface area contributed by atoms with Gasteiger partial charge in [0, 0.05) is 57.3 Å². The lowest BCUT2D eigenvalue weighted by Gasteiger charge is -2.39. The SMILES string of the molecule is CCNC(=NCC1CCN(c2ccccc2)C1)N1CCC(C)C(n2ccnc2)C1. The van der Waals surface area contributed by atoms with Crippen molar-refractivity contribution < 1.29 is 0 Å². The maximum Gasteiger partial charge on any atom is 0.193 e. The van der Waals surface area contributed by atoms with Crippen molar-refractivity contribution in [2.75, 3.05) is 44.2 Å². The summed E-state index contributed by atoms with van der Waals surface area (Å²) in [5.74, 6) is 2.34.